The van der Waals surface area contributed by atoms with Crippen LogP contribution in [0.25, 0.3) is 0 Å². The first-order chi connectivity index (χ1) is 3.89. The highest BCUT2D eigenvalue weighted by atomic mass is 16.6. The van der Waals surface area contributed by atoms with Crippen molar-refractivity contribution >= 4 is 0 Å². The Bertz CT molecular complexity index is 77.0. The summed E-state index contributed by atoms with van der Waals surface area (Å²) in [6, 6.07) is 0. The Morgan fingerprint density at radius 1 is 1.22 bits per heavy atom. The Hall–Kier alpha value is -0.160. The molecule has 0 aliphatic heterocycles. The van der Waals surface area contributed by atoms with Gasteiger partial charge < -0.3 is 20.4 Å². The van der Waals surface area contributed by atoms with Gasteiger partial charge in [0.25, 0.3) is 6.29 Å². The second kappa shape index (κ2) is 2.62. The Kier molecular flexibility index (Phi) is 2.57. The standard InChI is InChI=1S/C5H11O4/c1-3(2)5(8,9)4(6)7/h3,6-9H,1-2H3. The minimum atomic E-state index is -2.47. The van der Waals surface area contributed by atoms with E-state index in [9.17, 15) is 0 Å². The summed E-state index contributed by atoms with van der Waals surface area (Å²) in [5.41, 5.74) is 0. The molecule has 0 aromatic rings. The molecule has 0 saturated carbocycles. The molecule has 0 heterocycles. The fourth-order valence-corrected chi connectivity index (χ4v) is 0.258. The lowest BCUT2D eigenvalue weighted by molar-refractivity contribution is -0.251. The van der Waals surface area contributed by atoms with E-state index in [4.69, 9.17) is 20.4 Å². The van der Waals surface area contributed by atoms with Crippen molar-refractivity contribution in [1.82, 2.24) is 0 Å². The van der Waals surface area contributed by atoms with E-state index in [0.29, 0.717) is 0 Å². The highest BCUT2D eigenvalue weighted by Gasteiger charge is 2.36. The van der Waals surface area contributed by atoms with E-state index in [1.807, 2.05) is 0 Å². The highest BCUT2D eigenvalue weighted by molar-refractivity contribution is 4.82. The summed E-state index contributed by atoms with van der Waals surface area (Å²) in [6.45, 7) is 2.90. The quantitative estimate of drug-likeness (QED) is 0.387. The molecule has 0 fully saturated rings. The molecule has 0 spiro atoms. The Labute approximate surface area is 53.4 Å². The van der Waals surface area contributed by atoms with Gasteiger partial charge in [-0.1, -0.05) is 13.8 Å². The third kappa shape index (κ3) is 1.91. The van der Waals surface area contributed by atoms with Crippen LogP contribution in [0, 0.1) is 12.2 Å². The van der Waals surface area contributed by atoms with Crippen LogP contribution in [-0.4, -0.2) is 26.2 Å². The lowest BCUT2D eigenvalue weighted by Gasteiger charge is -2.25. The predicted molar refractivity (Wildman–Crippen MR) is 29.1 cm³/mol. The van der Waals surface area contributed by atoms with Crippen LogP contribution in [0.5, 0.6) is 0 Å². The minimum Gasteiger partial charge on any atom is -0.361 e. The van der Waals surface area contributed by atoms with Gasteiger partial charge in [-0.05, 0) is 0 Å². The number of hydrogen-bond donors (Lipinski definition) is 4. The SMILES string of the molecule is CC(C)C(O)(O)[C](O)O. The molecule has 4 nitrogen and oxygen atoms in total. The minimum absolute atomic E-state index is 0.637. The van der Waals surface area contributed by atoms with Gasteiger partial charge in [-0.2, -0.15) is 0 Å². The average molecular weight is 135 g/mol. The van der Waals surface area contributed by atoms with Crippen LogP contribution >= 0.6 is 0 Å². The Balaban J connectivity index is 4.01. The Morgan fingerprint density at radius 3 is 1.56 bits per heavy atom. The van der Waals surface area contributed by atoms with Crippen LogP contribution in [0.1, 0.15) is 13.8 Å². The van der Waals surface area contributed by atoms with Crippen LogP contribution in [-0.2, 0) is 0 Å². The summed E-state index contributed by atoms with van der Waals surface area (Å²) in [5.74, 6) is -3.11. The second-order valence-electron chi connectivity index (χ2n) is 2.20. The molecule has 4 N–H and O–H groups in total. The average Bonchev–Trinajstić information content (AvgIpc) is 1.65. The molecule has 0 rings (SSSR count). The molecule has 0 aliphatic rings. The highest BCUT2D eigenvalue weighted by Crippen LogP contribution is 2.20. The summed E-state index contributed by atoms with van der Waals surface area (Å²) in [7, 11) is 0. The molecule has 9 heavy (non-hydrogen) atoms. The lowest BCUT2D eigenvalue weighted by atomic mass is 10.0. The third-order valence-electron chi connectivity index (χ3n) is 1.13. The zero-order chi connectivity index (χ0) is 7.65. The molecule has 0 aromatic carbocycles. The molecule has 0 atom stereocenters. The molecule has 55 valence electrons. The van der Waals surface area contributed by atoms with Crippen molar-refractivity contribution < 1.29 is 20.4 Å². The van der Waals surface area contributed by atoms with Crippen molar-refractivity contribution in [1.29, 1.82) is 0 Å². The molecule has 0 aliphatic carbocycles. The zero-order valence-corrected chi connectivity index (χ0v) is 5.37. The van der Waals surface area contributed by atoms with E-state index in [1.54, 1.807) is 0 Å². The van der Waals surface area contributed by atoms with Crippen molar-refractivity contribution in [2.75, 3.05) is 0 Å². The summed E-state index contributed by atoms with van der Waals surface area (Å²) in [5, 5.41) is 33.8. The number of aliphatic hydroxyl groups is 4. The summed E-state index contributed by atoms with van der Waals surface area (Å²) in [6.07, 6.45) is -1.36. The van der Waals surface area contributed by atoms with E-state index in [-0.39, 0.29) is 0 Å². The maximum absolute atomic E-state index is 8.69. The summed E-state index contributed by atoms with van der Waals surface area (Å²) in [4.78, 5) is 0. The van der Waals surface area contributed by atoms with Gasteiger partial charge in [-0.3, -0.25) is 0 Å². The van der Waals surface area contributed by atoms with E-state index >= 15 is 0 Å². The summed E-state index contributed by atoms with van der Waals surface area (Å²) < 4.78 is 0. The monoisotopic (exact) mass is 135 g/mol. The molecule has 0 unspecified atom stereocenters. The second-order valence-corrected chi connectivity index (χ2v) is 2.20. The summed E-state index contributed by atoms with van der Waals surface area (Å²) >= 11 is 0. The maximum Gasteiger partial charge on any atom is 0.280 e. The van der Waals surface area contributed by atoms with E-state index in [0.717, 1.165) is 0 Å². The number of rotatable bonds is 2. The first kappa shape index (κ1) is 8.84. The first-order valence-corrected chi connectivity index (χ1v) is 2.59. The van der Waals surface area contributed by atoms with Gasteiger partial charge in [0, 0.05) is 5.92 Å². The van der Waals surface area contributed by atoms with Gasteiger partial charge in [0.05, 0.1) is 0 Å². The first-order valence-electron chi connectivity index (χ1n) is 2.59. The molecule has 1 radical (unpaired) electrons. The molecular weight excluding hydrogens is 124 g/mol. The fourth-order valence-electron chi connectivity index (χ4n) is 0.258. The Morgan fingerprint density at radius 2 is 1.56 bits per heavy atom. The van der Waals surface area contributed by atoms with Crippen molar-refractivity contribution in [3.63, 3.8) is 0 Å². The molecule has 0 amide bonds. The smallest absolute Gasteiger partial charge is 0.280 e. The number of aliphatic hydroxyl groups excluding tert-OH is 1. The van der Waals surface area contributed by atoms with Gasteiger partial charge in [-0.25, -0.2) is 0 Å². The van der Waals surface area contributed by atoms with E-state index in [1.165, 1.54) is 13.8 Å². The van der Waals surface area contributed by atoms with Crippen LogP contribution in [0.15, 0.2) is 0 Å². The van der Waals surface area contributed by atoms with Crippen LogP contribution in [0.3, 0.4) is 0 Å². The largest absolute Gasteiger partial charge is 0.361 e. The molecule has 0 bridgehead atoms. The van der Waals surface area contributed by atoms with Crippen molar-refractivity contribution in [2.45, 2.75) is 19.6 Å². The van der Waals surface area contributed by atoms with Gasteiger partial charge in [-0.15, -0.1) is 0 Å². The van der Waals surface area contributed by atoms with Crippen molar-refractivity contribution in [3.05, 3.63) is 6.29 Å². The zero-order valence-electron chi connectivity index (χ0n) is 5.37. The van der Waals surface area contributed by atoms with E-state index < -0.39 is 18.0 Å². The third-order valence-corrected chi connectivity index (χ3v) is 1.13. The van der Waals surface area contributed by atoms with E-state index in [2.05, 4.69) is 0 Å². The van der Waals surface area contributed by atoms with Gasteiger partial charge >= 0.3 is 0 Å². The lowest BCUT2D eigenvalue weighted by Crippen LogP contribution is -2.41. The normalized spacial score (nSPS) is 13.3. The molecule has 4 heteroatoms. The molecule has 0 saturated heterocycles. The van der Waals surface area contributed by atoms with Crippen LogP contribution < -0.4 is 0 Å². The predicted octanol–water partition coefficient (Wildman–Crippen LogP) is -0.442. The molecular formula is C5H11O4. The topological polar surface area (TPSA) is 80.9 Å². The van der Waals surface area contributed by atoms with Crippen LogP contribution in [0.4, 0.5) is 0 Å². The van der Waals surface area contributed by atoms with Gasteiger partial charge in [0.1, 0.15) is 0 Å². The molecule has 0 aromatic heterocycles. The van der Waals surface area contributed by atoms with Crippen molar-refractivity contribution in [3.8, 4) is 0 Å². The van der Waals surface area contributed by atoms with Crippen LogP contribution in [0.2, 0.25) is 0 Å². The number of hydrogen-bond acceptors (Lipinski definition) is 4. The van der Waals surface area contributed by atoms with Gasteiger partial charge in [0.15, 0.2) is 0 Å². The van der Waals surface area contributed by atoms with Crippen molar-refractivity contribution in [2.24, 2.45) is 5.92 Å². The van der Waals surface area contributed by atoms with Gasteiger partial charge in [0.2, 0.25) is 5.79 Å². The fraction of sp³-hybridized carbons (Fsp3) is 0.800. The maximum atomic E-state index is 8.69.